The van der Waals surface area contributed by atoms with Crippen LogP contribution in [0, 0.1) is 6.92 Å². The van der Waals surface area contributed by atoms with Crippen molar-refractivity contribution in [2.45, 2.75) is 59.4 Å². The van der Waals surface area contributed by atoms with Gasteiger partial charge in [0, 0.05) is 15.7 Å². The van der Waals surface area contributed by atoms with E-state index in [1.807, 2.05) is 0 Å². The van der Waals surface area contributed by atoms with Crippen molar-refractivity contribution < 1.29 is 0 Å². The molecule has 0 radical (unpaired) electrons. The molecule has 2 aromatic rings. The van der Waals surface area contributed by atoms with Gasteiger partial charge >= 0.3 is 0 Å². The normalized spacial score (nSPS) is 13.6. The molecular formula is C16H25N3S2. The molecule has 0 spiro atoms. The Hall–Kier alpha value is -0.780. The van der Waals surface area contributed by atoms with Crippen LogP contribution in [-0.4, -0.2) is 16.5 Å². The predicted molar refractivity (Wildman–Crippen MR) is 92.6 cm³/mol. The lowest BCUT2D eigenvalue weighted by Crippen LogP contribution is -2.22. The molecule has 1 N–H and O–H groups in total. The lowest BCUT2D eigenvalue weighted by molar-refractivity contribution is 0.569. The maximum Gasteiger partial charge on any atom is 0.116 e. The highest BCUT2D eigenvalue weighted by atomic mass is 32.1. The van der Waals surface area contributed by atoms with E-state index in [4.69, 9.17) is 9.97 Å². The van der Waals surface area contributed by atoms with Gasteiger partial charge in [0.15, 0.2) is 0 Å². The maximum absolute atomic E-state index is 4.86. The number of rotatable bonds is 5. The Balaban J connectivity index is 2.36. The quantitative estimate of drug-likeness (QED) is 0.882. The molecule has 21 heavy (non-hydrogen) atoms. The Bertz CT molecular complexity index is 593. The summed E-state index contributed by atoms with van der Waals surface area (Å²) in [7, 11) is 0. The second kappa shape index (κ2) is 6.55. The Kier molecular flexibility index (Phi) is 5.17. The van der Waals surface area contributed by atoms with E-state index in [0.717, 1.165) is 23.7 Å². The minimum absolute atomic E-state index is 0.104. The summed E-state index contributed by atoms with van der Waals surface area (Å²) in [5.74, 6) is 0. The fourth-order valence-electron chi connectivity index (χ4n) is 2.19. The van der Waals surface area contributed by atoms with Crippen LogP contribution in [0.4, 0.5) is 0 Å². The molecule has 0 aliphatic carbocycles. The highest BCUT2D eigenvalue weighted by Crippen LogP contribution is 2.32. The highest BCUT2D eigenvalue weighted by Gasteiger charge is 2.24. The van der Waals surface area contributed by atoms with Crippen LogP contribution in [0.15, 0.2) is 5.38 Å². The van der Waals surface area contributed by atoms with E-state index in [1.54, 1.807) is 22.7 Å². The average molecular weight is 324 g/mol. The third kappa shape index (κ3) is 3.71. The number of nitrogens with zero attached hydrogens (tertiary/aromatic N) is 2. The molecule has 0 saturated carbocycles. The Morgan fingerprint density at radius 1 is 1.24 bits per heavy atom. The van der Waals surface area contributed by atoms with E-state index in [-0.39, 0.29) is 11.5 Å². The molecule has 5 heteroatoms. The molecule has 116 valence electrons. The van der Waals surface area contributed by atoms with E-state index >= 15 is 0 Å². The first-order valence-corrected chi connectivity index (χ1v) is 9.21. The molecule has 0 aliphatic heterocycles. The molecule has 3 nitrogen and oxygen atoms in total. The third-order valence-electron chi connectivity index (χ3n) is 3.36. The second-order valence-corrected chi connectivity index (χ2v) is 8.32. The van der Waals surface area contributed by atoms with Gasteiger partial charge in [-0.15, -0.1) is 22.7 Å². The van der Waals surface area contributed by atoms with Crippen molar-refractivity contribution in [2.75, 3.05) is 6.54 Å². The van der Waals surface area contributed by atoms with Crippen molar-refractivity contribution in [2.24, 2.45) is 0 Å². The van der Waals surface area contributed by atoms with Crippen molar-refractivity contribution in [3.05, 3.63) is 31.7 Å². The summed E-state index contributed by atoms with van der Waals surface area (Å²) in [6.07, 6.45) is 0.992. The summed E-state index contributed by atoms with van der Waals surface area (Å²) in [6, 6.07) is 0.117. The largest absolute Gasteiger partial charge is 0.303 e. The molecule has 2 aromatic heterocycles. The topological polar surface area (TPSA) is 37.8 Å². The Morgan fingerprint density at radius 2 is 1.95 bits per heavy atom. The van der Waals surface area contributed by atoms with Crippen LogP contribution in [0.1, 0.15) is 66.9 Å². The van der Waals surface area contributed by atoms with Crippen LogP contribution >= 0.6 is 22.7 Å². The summed E-state index contributed by atoms with van der Waals surface area (Å²) >= 11 is 3.54. The number of thiazole rings is 2. The number of aromatic nitrogens is 2. The van der Waals surface area contributed by atoms with Crippen LogP contribution in [0.5, 0.6) is 0 Å². The number of hydrogen-bond donors (Lipinski definition) is 1. The first-order valence-electron chi connectivity index (χ1n) is 7.52. The van der Waals surface area contributed by atoms with Crippen LogP contribution in [0.25, 0.3) is 0 Å². The Labute approximate surface area is 135 Å². The average Bonchev–Trinajstić information content (AvgIpc) is 3.02. The molecule has 2 heterocycles. The number of nitrogens with one attached hydrogen (secondary N) is 1. The lowest BCUT2D eigenvalue weighted by Gasteiger charge is -2.15. The van der Waals surface area contributed by atoms with Gasteiger partial charge < -0.3 is 5.32 Å². The minimum atomic E-state index is 0.104. The monoisotopic (exact) mass is 323 g/mol. The van der Waals surface area contributed by atoms with Gasteiger partial charge in [0.05, 0.1) is 16.4 Å². The van der Waals surface area contributed by atoms with Gasteiger partial charge in [-0.1, -0.05) is 34.6 Å². The van der Waals surface area contributed by atoms with Crippen molar-refractivity contribution in [3.63, 3.8) is 0 Å². The molecular weight excluding hydrogens is 298 g/mol. The smallest absolute Gasteiger partial charge is 0.116 e. The van der Waals surface area contributed by atoms with E-state index in [0.29, 0.717) is 0 Å². The van der Waals surface area contributed by atoms with Gasteiger partial charge in [-0.05, 0) is 19.9 Å². The fourth-order valence-corrected chi connectivity index (χ4v) is 4.22. The molecule has 0 amide bonds. The standard InChI is InChI=1S/C16H25N3S2/c1-7-11-10(3)21-14(18-11)13(17-8-2)12-9-20-15(19-12)16(4,5)6/h9,13,17H,7-8H2,1-6H3. The second-order valence-electron chi connectivity index (χ2n) is 6.23. The molecule has 0 aromatic carbocycles. The summed E-state index contributed by atoms with van der Waals surface area (Å²) < 4.78 is 0. The summed E-state index contributed by atoms with van der Waals surface area (Å²) in [6.45, 7) is 14.0. The predicted octanol–water partition coefficient (Wildman–Crippen LogP) is 4.47. The molecule has 0 fully saturated rings. The van der Waals surface area contributed by atoms with E-state index in [9.17, 15) is 0 Å². The molecule has 1 unspecified atom stereocenters. The number of hydrogen-bond acceptors (Lipinski definition) is 5. The van der Waals surface area contributed by atoms with E-state index in [2.05, 4.69) is 52.2 Å². The van der Waals surface area contributed by atoms with Crippen LogP contribution in [0.2, 0.25) is 0 Å². The molecule has 0 bridgehead atoms. The first-order chi connectivity index (χ1) is 9.86. The van der Waals surface area contributed by atoms with Gasteiger partial charge in [0.25, 0.3) is 0 Å². The SMILES string of the molecule is CCNC(c1csc(C(C)(C)C)n1)c1nc(CC)c(C)s1. The number of aryl methyl sites for hydroxylation is 2. The molecule has 2 rings (SSSR count). The van der Waals surface area contributed by atoms with Gasteiger partial charge in [0.2, 0.25) is 0 Å². The zero-order valence-corrected chi connectivity index (χ0v) is 15.4. The van der Waals surface area contributed by atoms with E-state index in [1.165, 1.54) is 15.6 Å². The van der Waals surface area contributed by atoms with Crippen LogP contribution < -0.4 is 5.32 Å². The molecule has 0 saturated heterocycles. The molecule has 0 aliphatic rings. The fraction of sp³-hybridized carbons (Fsp3) is 0.625. The Morgan fingerprint density at radius 3 is 2.43 bits per heavy atom. The van der Waals surface area contributed by atoms with Gasteiger partial charge in [-0.25, -0.2) is 9.97 Å². The zero-order valence-electron chi connectivity index (χ0n) is 13.8. The lowest BCUT2D eigenvalue weighted by atomic mass is 9.98. The van der Waals surface area contributed by atoms with Crippen LogP contribution in [-0.2, 0) is 11.8 Å². The third-order valence-corrected chi connectivity index (χ3v) is 5.72. The summed E-state index contributed by atoms with van der Waals surface area (Å²) in [5.41, 5.74) is 2.42. The summed E-state index contributed by atoms with van der Waals surface area (Å²) in [5, 5.41) is 8.03. The van der Waals surface area contributed by atoms with Gasteiger partial charge in [-0.2, -0.15) is 0 Å². The van der Waals surface area contributed by atoms with Crippen molar-refractivity contribution in [3.8, 4) is 0 Å². The van der Waals surface area contributed by atoms with Gasteiger partial charge in [-0.3, -0.25) is 0 Å². The van der Waals surface area contributed by atoms with E-state index < -0.39 is 0 Å². The highest BCUT2D eigenvalue weighted by molar-refractivity contribution is 7.12. The van der Waals surface area contributed by atoms with Crippen LogP contribution in [0.3, 0.4) is 0 Å². The van der Waals surface area contributed by atoms with Crippen molar-refractivity contribution >= 4 is 22.7 Å². The zero-order chi connectivity index (χ0) is 15.6. The molecule has 1 atom stereocenters. The van der Waals surface area contributed by atoms with Crippen molar-refractivity contribution in [1.82, 2.24) is 15.3 Å². The summed E-state index contributed by atoms with van der Waals surface area (Å²) in [4.78, 5) is 11.0. The maximum atomic E-state index is 4.86. The van der Waals surface area contributed by atoms with Gasteiger partial charge in [0.1, 0.15) is 11.0 Å². The first kappa shape index (κ1) is 16.6. The van der Waals surface area contributed by atoms with Crippen molar-refractivity contribution in [1.29, 1.82) is 0 Å². The minimum Gasteiger partial charge on any atom is -0.303 e.